The van der Waals surface area contributed by atoms with Gasteiger partial charge in [-0.1, -0.05) is 152 Å². The Kier molecular flexibility index (Phi) is 6.55. The van der Waals surface area contributed by atoms with Crippen molar-refractivity contribution in [3.05, 3.63) is 221 Å². The van der Waals surface area contributed by atoms with E-state index in [1.165, 1.54) is 88.1 Å². The van der Waals surface area contributed by atoms with E-state index in [0.717, 1.165) is 5.69 Å². The number of aromatic amines is 1. The number of aromatic nitrogens is 2. The molecule has 1 aliphatic rings. The quantitative estimate of drug-likeness (QED) is 0.190. The molecule has 0 saturated carbocycles. The number of fused-ring (bicyclic) bond motifs is 10. The summed E-state index contributed by atoms with van der Waals surface area (Å²) in [5.41, 5.74) is 15.4. The SMILES string of the molecule is CC1(c2ccccc2)c2ccc3c(c2C(C)(c2ccccc2)c2ccc4[nH]c5ccccc5c4c21)c1ccccc1n3-c1cccc(-c2ccccc2)c1. The van der Waals surface area contributed by atoms with Crippen molar-refractivity contribution >= 4 is 43.6 Å². The van der Waals surface area contributed by atoms with Crippen LogP contribution in [-0.2, 0) is 10.8 Å². The Balaban J connectivity index is 1.33. The molecule has 0 radical (unpaired) electrons. The maximum Gasteiger partial charge on any atom is 0.0544 e. The molecule has 0 spiro atoms. The van der Waals surface area contributed by atoms with Gasteiger partial charge in [0, 0.05) is 49.1 Å². The second-order valence-electron chi connectivity index (χ2n) is 15.2. The highest BCUT2D eigenvalue weighted by molar-refractivity contribution is 6.14. The molecule has 0 amide bonds. The average Bonchev–Trinajstić information content (AvgIpc) is 3.79. The fourth-order valence-corrected chi connectivity index (χ4v) is 10.0. The number of rotatable bonds is 4. The summed E-state index contributed by atoms with van der Waals surface area (Å²) in [5, 5.41) is 5.15. The number of nitrogens with one attached hydrogen (secondary N) is 1. The molecule has 2 heterocycles. The lowest BCUT2D eigenvalue weighted by Gasteiger charge is -2.48. The normalized spacial score (nSPS) is 18.0. The first-order chi connectivity index (χ1) is 26.6. The van der Waals surface area contributed by atoms with Gasteiger partial charge in [0.15, 0.2) is 0 Å². The monoisotopic (exact) mass is 690 g/mol. The van der Waals surface area contributed by atoms with Crippen LogP contribution in [0.4, 0.5) is 0 Å². The fourth-order valence-electron chi connectivity index (χ4n) is 10.0. The van der Waals surface area contributed by atoms with Gasteiger partial charge < -0.3 is 9.55 Å². The van der Waals surface area contributed by atoms with Crippen molar-refractivity contribution in [3.8, 4) is 16.8 Å². The predicted octanol–water partition coefficient (Wildman–Crippen LogP) is 13.1. The zero-order valence-electron chi connectivity index (χ0n) is 30.3. The van der Waals surface area contributed by atoms with Crippen LogP contribution in [0.5, 0.6) is 0 Å². The van der Waals surface area contributed by atoms with Crippen LogP contribution in [0.15, 0.2) is 188 Å². The Morgan fingerprint density at radius 2 is 0.963 bits per heavy atom. The smallest absolute Gasteiger partial charge is 0.0544 e. The molecule has 2 heteroatoms. The summed E-state index contributed by atoms with van der Waals surface area (Å²) in [4.78, 5) is 3.80. The van der Waals surface area contributed by atoms with Gasteiger partial charge in [0.1, 0.15) is 0 Å². The Morgan fingerprint density at radius 3 is 1.67 bits per heavy atom. The molecule has 0 saturated heterocycles. The molecule has 54 heavy (non-hydrogen) atoms. The highest BCUT2D eigenvalue weighted by Gasteiger charge is 2.50. The number of hydrogen-bond donors (Lipinski definition) is 1. The molecule has 0 fully saturated rings. The third kappa shape index (κ3) is 4.11. The summed E-state index contributed by atoms with van der Waals surface area (Å²) in [6.45, 7) is 4.95. The Hall–Kier alpha value is -6.64. The summed E-state index contributed by atoms with van der Waals surface area (Å²) >= 11 is 0. The minimum absolute atomic E-state index is 0.463. The van der Waals surface area contributed by atoms with E-state index in [0.29, 0.717) is 0 Å². The van der Waals surface area contributed by atoms with E-state index in [1.54, 1.807) is 0 Å². The summed E-state index contributed by atoms with van der Waals surface area (Å²) in [6.07, 6.45) is 0. The van der Waals surface area contributed by atoms with Gasteiger partial charge in [0.2, 0.25) is 0 Å². The molecule has 0 bridgehead atoms. The first-order valence-corrected chi connectivity index (χ1v) is 19.0. The van der Waals surface area contributed by atoms with Crippen molar-refractivity contribution in [2.45, 2.75) is 24.7 Å². The molecule has 11 rings (SSSR count). The number of hydrogen-bond acceptors (Lipinski definition) is 0. The van der Waals surface area contributed by atoms with Crippen molar-refractivity contribution in [2.75, 3.05) is 0 Å². The van der Waals surface area contributed by atoms with Crippen molar-refractivity contribution in [2.24, 2.45) is 0 Å². The highest BCUT2D eigenvalue weighted by Crippen LogP contribution is 2.60. The molecular formula is C52H38N2. The third-order valence-electron chi connectivity index (χ3n) is 12.5. The molecule has 256 valence electrons. The molecule has 8 aromatic carbocycles. The molecule has 0 aliphatic heterocycles. The number of nitrogens with zero attached hydrogens (tertiary/aromatic N) is 1. The number of H-pyrrole nitrogens is 1. The zero-order chi connectivity index (χ0) is 36.0. The topological polar surface area (TPSA) is 20.7 Å². The van der Waals surface area contributed by atoms with Crippen LogP contribution in [-0.4, -0.2) is 9.55 Å². The van der Waals surface area contributed by atoms with E-state index in [2.05, 4.69) is 211 Å². The predicted molar refractivity (Wildman–Crippen MR) is 226 cm³/mol. The van der Waals surface area contributed by atoms with E-state index in [9.17, 15) is 0 Å². The molecule has 1 aliphatic carbocycles. The first-order valence-electron chi connectivity index (χ1n) is 19.0. The molecular weight excluding hydrogens is 653 g/mol. The molecule has 1 N–H and O–H groups in total. The minimum atomic E-state index is -0.479. The zero-order valence-corrected chi connectivity index (χ0v) is 30.3. The van der Waals surface area contributed by atoms with E-state index in [1.807, 2.05) is 0 Å². The average molecular weight is 691 g/mol. The van der Waals surface area contributed by atoms with Gasteiger partial charge in [-0.15, -0.1) is 0 Å². The van der Waals surface area contributed by atoms with Gasteiger partial charge in [-0.05, 0) is 94.8 Å². The summed E-state index contributed by atoms with van der Waals surface area (Å²) < 4.78 is 2.49. The fraction of sp³-hybridized carbons (Fsp3) is 0.0769. The van der Waals surface area contributed by atoms with Crippen LogP contribution >= 0.6 is 0 Å². The summed E-state index contributed by atoms with van der Waals surface area (Å²) in [7, 11) is 0. The van der Waals surface area contributed by atoms with Gasteiger partial charge >= 0.3 is 0 Å². The lowest BCUT2D eigenvalue weighted by Crippen LogP contribution is -2.41. The second-order valence-corrected chi connectivity index (χ2v) is 15.2. The maximum absolute atomic E-state index is 3.80. The number of benzene rings is 8. The Morgan fingerprint density at radius 1 is 0.407 bits per heavy atom. The van der Waals surface area contributed by atoms with Gasteiger partial charge in [0.25, 0.3) is 0 Å². The lowest BCUT2D eigenvalue weighted by molar-refractivity contribution is 0.577. The van der Waals surface area contributed by atoms with Crippen molar-refractivity contribution in [3.63, 3.8) is 0 Å². The molecule has 10 aromatic rings. The van der Waals surface area contributed by atoms with Crippen LogP contribution in [0.2, 0.25) is 0 Å². The largest absolute Gasteiger partial charge is 0.355 e. The van der Waals surface area contributed by atoms with Crippen LogP contribution in [0.1, 0.15) is 47.2 Å². The molecule has 2 nitrogen and oxygen atoms in total. The van der Waals surface area contributed by atoms with Gasteiger partial charge in [-0.25, -0.2) is 0 Å². The highest BCUT2D eigenvalue weighted by atomic mass is 15.0. The molecule has 2 unspecified atom stereocenters. The second kappa shape index (κ2) is 11.4. The van der Waals surface area contributed by atoms with E-state index in [4.69, 9.17) is 0 Å². The van der Waals surface area contributed by atoms with E-state index in [-0.39, 0.29) is 0 Å². The first kappa shape index (κ1) is 30.9. The molecule has 2 aromatic heterocycles. The van der Waals surface area contributed by atoms with Gasteiger partial charge in [-0.2, -0.15) is 0 Å². The van der Waals surface area contributed by atoms with E-state index >= 15 is 0 Å². The van der Waals surface area contributed by atoms with Crippen molar-refractivity contribution in [1.29, 1.82) is 0 Å². The van der Waals surface area contributed by atoms with Crippen molar-refractivity contribution < 1.29 is 0 Å². The lowest BCUT2D eigenvalue weighted by atomic mass is 9.54. The molecule has 2 atom stereocenters. The van der Waals surface area contributed by atoms with Gasteiger partial charge in [0.05, 0.1) is 11.0 Å². The van der Waals surface area contributed by atoms with Crippen LogP contribution in [0.3, 0.4) is 0 Å². The third-order valence-corrected chi connectivity index (χ3v) is 12.5. The Labute approximate surface area is 315 Å². The maximum atomic E-state index is 3.80. The number of para-hydroxylation sites is 2. The van der Waals surface area contributed by atoms with Gasteiger partial charge in [-0.3, -0.25) is 0 Å². The standard InChI is InChI=1S/C52H38N2/c1-51(36-20-8-4-9-21-36)42-30-32-46-48(40-26-13-15-28-45(40)54(46)38-24-16-19-35(33-38)34-17-6-3-7-18-34)50(42)52(2,37-22-10-5-11-23-37)41-29-31-44-47(49(41)51)39-25-12-14-27-43(39)53-44/h3-33,53H,1-2H3. The summed E-state index contributed by atoms with van der Waals surface area (Å²) in [6, 6.07) is 69.5. The van der Waals surface area contributed by atoms with Crippen molar-refractivity contribution in [1.82, 2.24) is 9.55 Å². The van der Waals surface area contributed by atoms with Crippen LogP contribution in [0, 0.1) is 0 Å². The minimum Gasteiger partial charge on any atom is -0.355 e. The Bertz CT molecular complexity index is 3060. The van der Waals surface area contributed by atoms with E-state index < -0.39 is 10.8 Å². The van der Waals surface area contributed by atoms with Crippen LogP contribution < -0.4 is 0 Å². The summed E-state index contributed by atoms with van der Waals surface area (Å²) in [5.74, 6) is 0. The van der Waals surface area contributed by atoms with Crippen LogP contribution in [0.25, 0.3) is 60.4 Å².